The Morgan fingerprint density at radius 2 is 1.76 bits per heavy atom. The molecule has 4 rings (SSSR count). The summed E-state index contributed by atoms with van der Waals surface area (Å²) in [6.45, 7) is 4.63. The average molecular weight is 548 g/mol. The minimum Gasteiger partial charge on any atom is -0.491 e. The van der Waals surface area contributed by atoms with Crippen molar-refractivity contribution in [3.63, 3.8) is 0 Å². The van der Waals surface area contributed by atoms with Gasteiger partial charge in [-0.3, -0.25) is 14.3 Å². The highest BCUT2D eigenvalue weighted by molar-refractivity contribution is 7.92. The Kier molecular flexibility index (Phi) is 8.02. The summed E-state index contributed by atoms with van der Waals surface area (Å²) < 4.78 is 48.6. The quantitative estimate of drug-likeness (QED) is 0.619. The number of benzene rings is 2. The van der Waals surface area contributed by atoms with Crippen LogP contribution in [0.5, 0.6) is 17.2 Å². The van der Waals surface area contributed by atoms with Crippen LogP contribution in [-0.2, 0) is 14.8 Å². The predicted octanol–water partition coefficient (Wildman–Crippen LogP) is 2.43. The van der Waals surface area contributed by atoms with Crippen LogP contribution in [0, 0.1) is 5.92 Å². The maximum atomic E-state index is 13.7. The minimum atomic E-state index is -3.54. The third kappa shape index (κ3) is 6.13. The van der Waals surface area contributed by atoms with Gasteiger partial charge in [-0.15, -0.1) is 0 Å². The highest BCUT2D eigenvalue weighted by atomic mass is 32.2. The molecule has 3 atom stereocenters. The number of nitrogens with zero attached hydrogens (tertiary/aromatic N) is 2. The molecule has 0 spiro atoms. The van der Waals surface area contributed by atoms with Crippen LogP contribution in [-0.4, -0.2) is 89.1 Å². The van der Waals surface area contributed by atoms with E-state index in [4.69, 9.17) is 18.9 Å². The lowest BCUT2D eigenvalue weighted by atomic mass is 10.0. The van der Waals surface area contributed by atoms with Crippen LogP contribution in [0.2, 0.25) is 0 Å². The zero-order valence-electron chi connectivity index (χ0n) is 22.1. The van der Waals surface area contributed by atoms with Gasteiger partial charge >= 0.3 is 0 Å². The van der Waals surface area contributed by atoms with Crippen molar-refractivity contribution in [1.82, 2.24) is 9.80 Å². The summed E-state index contributed by atoms with van der Waals surface area (Å²) in [5.74, 6) is 0.687. The molecular weight excluding hydrogens is 514 g/mol. The zero-order chi connectivity index (χ0) is 27.6. The Labute approximate surface area is 222 Å². The first kappa shape index (κ1) is 27.5. The van der Waals surface area contributed by atoms with Gasteiger partial charge in [-0.1, -0.05) is 6.92 Å². The molecule has 0 radical (unpaired) electrons. The van der Waals surface area contributed by atoms with E-state index in [1.807, 2.05) is 13.8 Å². The second-order valence-electron chi connectivity index (χ2n) is 9.71. The van der Waals surface area contributed by atoms with Crippen LogP contribution in [0.4, 0.5) is 5.69 Å². The average Bonchev–Trinajstić information content (AvgIpc) is 3.34. The first-order valence-corrected chi connectivity index (χ1v) is 14.1. The summed E-state index contributed by atoms with van der Waals surface area (Å²) >= 11 is 0. The van der Waals surface area contributed by atoms with Crippen molar-refractivity contribution in [2.24, 2.45) is 5.92 Å². The third-order valence-corrected chi connectivity index (χ3v) is 7.24. The fourth-order valence-electron chi connectivity index (χ4n) is 4.53. The Morgan fingerprint density at radius 1 is 1.03 bits per heavy atom. The van der Waals surface area contributed by atoms with Crippen LogP contribution in [0.1, 0.15) is 34.6 Å². The van der Waals surface area contributed by atoms with Crippen molar-refractivity contribution in [2.45, 2.75) is 26.0 Å². The lowest BCUT2D eigenvalue weighted by Crippen LogP contribution is -2.48. The number of methoxy groups -OCH3 is 1. The monoisotopic (exact) mass is 547 g/mol. The topological polar surface area (TPSA) is 124 Å². The van der Waals surface area contributed by atoms with Gasteiger partial charge in [-0.05, 0) is 37.3 Å². The molecule has 2 aromatic rings. The van der Waals surface area contributed by atoms with E-state index in [0.29, 0.717) is 23.6 Å². The molecule has 2 aromatic carbocycles. The highest BCUT2D eigenvalue weighted by Gasteiger charge is 2.31. The molecule has 0 aromatic heterocycles. The number of nitrogens with one attached hydrogen (secondary N) is 1. The van der Waals surface area contributed by atoms with Crippen molar-refractivity contribution < 1.29 is 37.0 Å². The number of likely N-dealkylation sites (N-methyl/N-ethyl adjacent to an activating group) is 1. The van der Waals surface area contributed by atoms with Crippen molar-refractivity contribution in [3.8, 4) is 17.2 Å². The first-order chi connectivity index (χ1) is 18.0. The van der Waals surface area contributed by atoms with Crippen LogP contribution in [0.25, 0.3) is 0 Å². The molecular formula is C26H33N3O8S. The molecule has 0 aliphatic carbocycles. The van der Waals surface area contributed by atoms with Crippen LogP contribution >= 0.6 is 0 Å². The molecule has 0 unspecified atom stereocenters. The molecule has 11 nitrogen and oxygen atoms in total. The Morgan fingerprint density at radius 3 is 2.47 bits per heavy atom. The molecule has 0 fully saturated rings. The molecule has 38 heavy (non-hydrogen) atoms. The van der Waals surface area contributed by atoms with E-state index in [-0.39, 0.29) is 60.8 Å². The maximum absolute atomic E-state index is 13.7. The second-order valence-corrected chi connectivity index (χ2v) is 11.5. The normalized spacial score (nSPS) is 22.1. The number of amides is 2. The van der Waals surface area contributed by atoms with Gasteiger partial charge < -0.3 is 28.7 Å². The zero-order valence-corrected chi connectivity index (χ0v) is 22.9. The highest BCUT2D eigenvalue weighted by Crippen LogP contribution is 2.33. The number of carbonyl (C=O) groups excluding carboxylic acids is 2. The van der Waals surface area contributed by atoms with E-state index < -0.39 is 16.1 Å². The molecule has 1 N–H and O–H groups in total. The lowest BCUT2D eigenvalue weighted by molar-refractivity contribution is 0.0111. The number of hydrogen-bond donors (Lipinski definition) is 1. The van der Waals surface area contributed by atoms with Gasteiger partial charge in [0.25, 0.3) is 11.8 Å². The van der Waals surface area contributed by atoms with Gasteiger partial charge in [0.05, 0.1) is 29.7 Å². The molecule has 0 bridgehead atoms. The molecule has 206 valence electrons. The van der Waals surface area contributed by atoms with E-state index in [2.05, 4.69) is 4.72 Å². The van der Waals surface area contributed by atoms with E-state index in [1.165, 1.54) is 23.1 Å². The number of anilines is 1. The van der Waals surface area contributed by atoms with Gasteiger partial charge in [0.1, 0.15) is 12.4 Å². The molecule has 12 heteroatoms. The summed E-state index contributed by atoms with van der Waals surface area (Å²) in [4.78, 5) is 30.3. The van der Waals surface area contributed by atoms with Gasteiger partial charge in [0, 0.05) is 44.8 Å². The summed E-state index contributed by atoms with van der Waals surface area (Å²) in [7, 11) is -0.294. The number of fused-ring (bicyclic) bond motifs is 2. The SMILES string of the molecule is CO[C@H]1CN(C)C(=O)c2ccc(NS(C)(=O)=O)cc2OC[C@@H](C)N(C(=O)c2ccc3c(c2)OCO3)C[C@@H]1C. The molecule has 2 heterocycles. The van der Waals surface area contributed by atoms with Gasteiger partial charge in [-0.25, -0.2) is 8.42 Å². The number of ether oxygens (including phenoxy) is 4. The number of sulfonamides is 1. The first-order valence-electron chi connectivity index (χ1n) is 12.2. The Bertz CT molecular complexity index is 1320. The van der Waals surface area contributed by atoms with Gasteiger partial charge in [0.15, 0.2) is 11.5 Å². The maximum Gasteiger partial charge on any atom is 0.257 e. The lowest BCUT2D eigenvalue weighted by Gasteiger charge is -2.36. The molecule has 0 saturated heterocycles. The molecule has 0 saturated carbocycles. The van der Waals surface area contributed by atoms with E-state index >= 15 is 0 Å². The molecule has 2 amide bonds. The van der Waals surface area contributed by atoms with Crippen molar-refractivity contribution in [2.75, 3.05) is 51.6 Å². The van der Waals surface area contributed by atoms with Crippen molar-refractivity contribution in [1.29, 1.82) is 0 Å². The summed E-state index contributed by atoms with van der Waals surface area (Å²) in [5, 5.41) is 0. The van der Waals surface area contributed by atoms with E-state index in [0.717, 1.165) is 6.26 Å². The molecule has 2 aliphatic rings. The number of carbonyl (C=O) groups is 2. The number of hydrogen-bond acceptors (Lipinski definition) is 8. The Balaban J connectivity index is 1.69. The largest absolute Gasteiger partial charge is 0.491 e. The van der Waals surface area contributed by atoms with Crippen LogP contribution in [0.15, 0.2) is 36.4 Å². The number of rotatable bonds is 4. The van der Waals surface area contributed by atoms with Crippen molar-refractivity contribution >= 4 is 27.5 Å². The van der Waals surface area contributed by atoms with Gasteiger partial charge in [-0.2, -0.15) is 0 Å². The fraction of sp³-hybridized carbons (Fsp3) is 0.462. The van der Waals surface area contributed by atoms with Gasteiger partial charge in [0.2, 0.25) is 16.8 Å². The summed E-state index contributed by atoms with van der Waals surface area (Å²) in [6.07, 6.45) is 0.693. The smallest absolute Gasteiger partial charge is 0.257 e. The van der Waals surface area contributed by atoms with Crippen LogP contribution < -0.4 is 18.9 Å². The minimum absolute atomic E-state index is 0.0625. The summed E-state index contributed by atoms with van der Waals surface area (Å²) in [6, 6.07) is 9.18. The van der Waals surface area contributed by atoms with E-state index in [9.17, 15) is 18.0 Å². The predicted molar refractivity (Wildman–Crippen MR) is 140 cm³/mol. The summed E-state index contributed by atoms with van der Waals surface area (Å²) in [5.41, 5.74) is 0.982. The van der Waals surface area contributed by atoms with E-state index in [1.54, 1.807) is 37.3 Å². The second kappa shape index (κ2) is 11.1. The molecule has 2 aliphatic heterocycles. The fourth-order valence-corrected chi connectivity index (χ4v) is 5.08. The standard InChI is InChI=1S/C26H33N3O8S/c1-16-12-29(25(30)18-6-9-21-23(10-18)37-15-36-21)17(2)14-35-22-11-19(27-38(5,32)33)7-8-20(22)26(31)28(3)13-24(16)34-4/h6-11,16-17,24,27H,12-15H2,1-5H3/t16-,17+,24-/m0/s1. The van der Waals surface area contributed by atoms with Crippen molar-refractivity contribution in [3.05, 3.63) is 47.5 Å². The third-order valence-electron chi connectivity index (χ3n) is 6.63. The van der Waals surface area contributed by atoms with Crippen LogP contribution in [0.3, 0.4) is 0 Å². The Hall–Kier alpha value is -3.51.